The molecule has 0 aromatic carbocycles. The molecule has 110 valence electrons. The number of rotatable bonds is 5. The van der Waals surface area contributed by atoms with Crippen molar-refractivity contribution in [1.29, 1.82) is 0 Å². The number of oxime groups is 1. The van der Waals surface area contributed by atoms with Gasteiger partial charge in [-0.2, -0.15) is 0 Å². The van der Waals surface area contributed by atoms with Crippen LogP contribution in [0.2, 0.25) is 0 Å². The highest BCUT2D eigenvalue weighted by atomic mass is 16.4. The van der Waals surface area contributed by atoms with Crippen LogP contribution in [-0.4, -0.2) is 40.3 Å². The van der Waals surface area contributed by atoms with Gasteiger partial charge in [0.05, 0.1) is 5.56 Å². The third-order valence-electron chi connectivity index (χ3n) is 3.74. The maximum absolute atomic E-state index is 9.00. The summed E-state index contributed by atoms with van der Waals surface area (Å²) in [7, 11) is 0. The zero-order valence-corrected chi connectivity index (χ0v) is 11.8. The molecule has 1 aliphatic rings. The molecular formula is C14H22N4O2. The van der Waals surface area contributed by atoms with E-state index in [1.165, 1.54) is 0 Å². The molecule has 1 aromatic rings. The Morgan fingerprint density at radius 2 is 2.35 bits per heavy atom. The molecule has 1 aromatic heterocycles. The molecular weight excluding hydrogens is 256 g/mol. The number of anilines is 1. The van der Waals surface area contributed by atoms with Crippen LogP contribution in [0.15, 0.2) is 17.3 Å². The molecule has 0 radical (unpaired) electrons. The number of aryl methyl sites for hydroxylation is 1. The molecule has 1 unspecified atom stereocenters. The van der Waals surface area contributed by atoms with Gasteiger partial charge in [-0.3, -0.25) is 0 Å². The number of nitrogens with two attached hydrogens (primary N) is 1. The number of pyridine rings is 1. The fraction of sp³-hybridized carbons (Fsp3) is 0.571. The van der Waals surface area contributed by atoms with E-state index in [9.17, 15) is 0 Å². The number of hydrogen-bond donors (Lipinski definition) is 3. The molecule has 1 fully saturated rings. The number of hydrogen-bond acceptors (Lipinski definition) is 5. The summed E-state index contributed by atoms with van der Waals surface area (Å²) in [6.45, 7) is 3.05. The van der Waals surface area contributed by atoms with Crippen LogP contribution in [0.3, 0.4) is 0 Å². The first-order valence-corrected chi connectivity index (χ1v) is 7.00. The van der Waals surface area contributed by atoms with Crippen LogP contribution in [0.1, 0.15) is 36.9 Å². The molecule has 1 saturated heterocycles. The summed E-state index contributed by atoms with van der Waals surface area (Å²) in [5, 5.41) is 21.0. The minimum absolute atomic E-state index is 0.0836. The monoisotopic (exact) mass is 278 g/mol. The van der Waals surface area contributed by atoms with Gasteiger partial charge in [0.15, 0.2) is 5.84 Å². The standard InChI is InChI=1S/C14H22N4O2/c1-10-6-7-12(13(15)17-20)14(16-10)18-8-2-4-11(18)5-3-9-19/h6-7,11,19-20H,2-5,8-9H2,1H3,(H2,15,17). The fourth-order valence-corrected chi connectivity index (χ4v) is 2.76. The molecule has 1 atom stereocenters. The van der Waals surface area contributed by atoms with Gasteiger partial charge >= 0.3 is 0 Å². The van der Waals surface area contributed by atoms with E-state index in [1.807, 2.05) is 19.1 Å². The molecule has 0 spiro atoms. The number of aliphatic hydroxyl groups excluding tert-OH is 1. The highest BCUT2D eigenvalue weighted by molar-refractivity contribution is 6.01. The number of aliphatic hydroxyl groups is 1. The Balaban J connectivity index is 2.32. The molecule has 20 heavy (non-hydrogen) atoms. The van der Waals surface area contributed by atoms with Gasteiger partial charge in [0.1, 0.15) is 5.82 Å². The van der Waals surface area contributed by atoms with Crippen LogP contribution in [0.4, 0.5) is 5.82 Å². The van der Waals surface area contributed by atoms with E-state index in [4.69, 9.17) is 16.0 Å². The van der Waals surface area contributed by atoms with Crippen LogP contribution < -0.4 is 10.6 Å². The van der Waals surface area contributed by atoms with Gasteiger partial charge in [-0.1, -0.05) is 5.16 Å². The summed E-state index contributed by atoms with van der Waals surface area (Å²) >= 11 is 0. The zero-order chi connectivity index (χ0) is 14.5. The largest absolute Gasteiger partial charge is 0.409 e. The summed E-state index contributed by atoms with van der Waals surface area (Å²) in [5.74, 6) is 0.862. The average molecular weight is 278 g/mol. The Hall–Kier alpha value is -1.82. The van der Waals surface area contributed by atoms with E-state index < -0.39 is 0 Å². The first-order valence-electron chi connectivity index (χ1n) is 7.00. The smallest absolute Gasteiger partial charge is 0.173 e. The Morgan fingerprint density at radius 1 is 1.55 bits per heavy atom. The highest BCUT2D eigenvalue weighted by Crippen LogP contribution is 2.29. The maximum atomic E-state index is 9.00. The second kappa shape index (κ2) is 6.56. The highest BCUT2D eigenvalue weighted by Gasteiger charge is 2.27. The third kappa shape index (κ3) is 3.01. The normalized spacial score (nSPS) is 19.6. The lowest BCUT2D eigenvalue weighted by atomic mass is 10.1. The molecule has 2 rings (SSSR count). The third-order valence-corrected chi connectivity index (χ3v) is 3.74. The van der Waals surface area contributed by atoms with Gasteiger partial charge in [0, 0.05) is 24.9 Å². The van der Waals surface area contributed by atoms with Gasteiger partial charge < -0.3 is 20.9 Å². The first-order chi connectivity index (χ1) is 9.67. The summed E-state index contributed by atoms with van der Waals surface area (Å²) in [6.07, 6.45) is 3.90. The van der Waals surface area contributed by atoms with Crippen LogP contribution in [0.25, 0.3) is 0 Å². The SMILES string of the molecule is Cc1ccc(C(N)=NO)c(N2CCCC2CCCO)n1. The van der Waals surface area contributed by atoms with Crippen LogP contribution in [0.5, 0.6) is 0 Å². The maximum Gasteiger partial charge on any atom is 0.173 e. The Bertz CT molecular complexity index is 490. The topological polar surface area (TPSA) is 95.0 Å². The zero-order valence-electron chi connectivity index (χ0n) is 11.8. The van der Waals surface area contributed by atoms with E-state index >= 15 is 0 Å². The summed E-state index contributed by atoms with van der Waals surface area (Å²) in [4.78, 5) is 6.79. The van der Waals surface area contributed by atoms with Crippen LogP contribution in [0, 0.1) is 6.92 Å². The Kier molecular flexibility index (Phi) is 4.79. The molecule has 1 aliphatic heterocycles. The van der Waals surface area contributed by atoms with Crippen molar-refractivity contribution in [3.05, 3.63) is 23.4 Å². The minimum Gasteiger partial charge on any atom is -0.409 e. The lowest BCUT2D eigenvalue weighted by molar-refractivity contribution is 0.279. The van der Waals surface area contributed by atoms with Crippen molar-refractivity contribution in [2.75, 3.05) is 18.1 Å². The predicted molar refractivity (Wildman–Crippen MR) is 78.2 cm³/mol. The van der Waals surface area contributed by atoms with Crippen molar-refractivity contribution in [2.24, 2.45) is 10.9 Å². The number of nitrogens with zero attached hydrogens (tertiary/aromatic N) is 3. The van der Waals surface area contributed by atoms with E-state index in [1.54, 1.807) is 0 Å². The van der Waals surface area contributed by atoms with Gasteiger partial charge in [-0.05, 0) is 44.7 Å². The van der Waals surface area contributed by atoms with Gasteiger partial charge in [0.25, 0.3) is 0 Å². The van der Waals surface area contributed by atoms with Crippen molar-refractivity contribution in [1.82, 2.24) is 4.98 Å². The van der Waals surface area contributed by atoms with Crippen molar-refractivity contribution >= 4 is 11.7 Å². The van der Waals surface area contributed by atoms with Gasteiger partial charge in [-0.25, -0.2) is 4.98 Å². The van der Waals surface area contributed by atoms with Crippen LogP contribution in [-0.2, 0) is 0 Å². The first kappa shape index (κ1) is 14.6. The van der Waals surface area contributed by atoms with Gasteiger partial charge in [-0.15, -0.1) is 0 Å². The van der Waals surface area contributed by atoms with Crippen LogP contribution >= 0.6 is 0 Å². The molecule has 2 heterocycles. The second-order valence-corrected chi connectivity index (χ2v) is 5.16. The average Bonchev–Trinajstić information content (AvgIpc) is 2.92. The Morgan fingerprint density at radius 3 is 3.05 bits per heavy atom. The summed E-state index contributed by atoms with van der Waals surface area (Å²) in [6, 6.07) is 4.06. The molecule has 6 heteroatoms. The number of aromatic nitrogens is 1. The predicted octanol–water partition coefficient (Wildman–Crippen LogP) is 1.23. The van der Waals surface area contributed by atoms with E-state index in [2.05, 4.69) is 15.0 Å². The lowest BCUT2D eigenvalue weighted by Crippen LogP contribution is -2.32. The minimum atomic E-state index is 0.0836. The van der Waals surface area contributed by atoms with Crippen molar-refractivity contribution < 1.29 is 10.3 Å². The molecule has 0 saturated carbocycles. The summed E-state index contributed by atoms with van der Waals surface area (Å²) < 4.78 is 0. The summed E-state index contributed by atoms with van der Waals surface area (Å²) in [5.41, 5.74) is 7.32. The van der Waals surface area contributed by atoms with Gasteiger partial charge in [0.2, 0.25) is 0 Å². The molecule has 0 amide bonds. The lowest BCUT2D eigenvalue weighted by Gasteiger charge is -2.27. The Labute approximate surface area is 118 Å². The molecule has 0 aliphatic carbocycles. The van der Waals surface area contributed by atoms with E-state index in [0.29, 0.717) is 11.6 Å². The molecule has 4 N–H and O–H groups in total. The van der Waals surface area contributed by atoms with E-state index in [0.717, 1.165) is 43.7 Å². The van der Waals surface area contributed by atoms with E-state index in [-0.39, 0.29) is 12.4 Å². The number of amidine groups is 1. The molecule has 0 bridgehead atoms. The second-order valence-electron chi connectivity index (χ2n) is 5.16. The molecule has 6 nitrogen and oxygen atoms in total. The van der Waals surface area contributed by atoms with Crippen molar-refractivity contribution in [3.8, 4) is 0 Å². The quantitative estimate of drug-likeness (QED) is 0.326. The fourth-order valence-electron chi connectivity index (χ4n) is 2.76. The van der Waals surface area contributed by atoms with Crippen molar-refractivity contribution in [2.45, 2.75) is 38.6 Å². The van der Waals surface area contributed by atoms with Crippen molar-refractivity contribution in [3.63, 3.8) is 0 Å².